The van der Waals surface area contributed by atoms with E-state index in [9.17, 15) is 9.59 Å². The number of carbonyl (C=O) groups is 2. The van der Waals surface area contributed by atoms with Gasteiger partial charge in [0.1, 0.15) is 29.8 Å². The molecule has 4 aromatic rings. The summed E-state index contributed by atoms with van der Waals surface area (Å²) in [4.78, 5) is 29.3. The van der Waals surface area contributed by atoms with Crippen LogP contribution in [0.2, 0.25) is 5.02 Å². The van der Waals surface area contributed by atoms with E-state index >= 15 is 0 Å². The van der Waals surface area contributed by atoms with Crippen LogP contribution < -0.4 is 4.74 Å². The molecule has 2 heterocycles. The maximum Gasteiger partial charge on any atom is 0.351 e. The molecule has 0 bridgehead atoms. The van der Waals surface area contributed by atoms with Crippen LogP contribution in [0, 0.1) is 0 Å². The summed E-state index contributed by atoms with van der Waals surface area (Å²) in [5.41, 5.74) is 2.55. The van der Waals surface area contributed by atoms with Crippen molar-refractivity contribution in [1.29, 1.82) is 0 Å². The first-order chi connectivity index (χ1) is 16.4. The highest BCUT2D eigenvalue weighted by molar-refractivity contribution is 7.16. The minimum Gasteiger partial charge on any atom is -0.484 e. The molecule has 0 amide bonds. The standard InChI is InChI=1S/C25H21ClN2O5S/c1-4-11-32-24(29)16-9-10-20-19(12-16)27-14-28(20)22-13-21(23(34-22)25(30)31-3)33-15(2)17-7-5-6-8-18(17)26/h4-10,12-15H,1,11H2,2-3H3/t15-/m1/s1. The summed E-state index contributed by atoms with van der Waals surface area (Å²) in [6.07, 6.45) is 2.73. The Morgan fingerprint density at radius 3 is 2.74 bits per heavy atom. The number of hydrogen-bond acceptors (Lipinski definition) is 7. The zero-order chi connectivity index (χ0) is 24.2. The summed E-state index contributed by atoms with van der Waals surface area (Å²) in [7, 11) is 1.32. The number of fused-ring (bicyclic) bond motifs is 1. The van der Waals surface area contributed by atoms with Gasteiger partial charge in [-0.2, -0.15) is 0 Å². The van der Waals surface area contributed by atoms with E-state index in [1.807, 2.05) is 29.7 Å². The first-order valence-electron chi connectivity index (χ1n) is 10.3. The van der Waals surface area contributed by atoms with Crippen LogP contribution in [0.3, 0.4) is 0 Å². The molecule has 174 valence electrons. The number of esters is 2. The number of nitrogens with zero attached hydrogens (tertiary/aromatic N) is 2. The van der Waals surface area contributed by atoms with Gasteiger partial charge in [-0.1, -0.05) is 42.5 Å². The molecular formula is C25H21ClN2O5S. The van der Waals surface area contributed by atoms with Crippen molar-refractivity contribution in [3.8, 4) is 10.8 Å². The lowest BCUT2D eigenvalue weighted by Crippen LogP contribution is -2.07. The van der Waals surface area contributed by atoms with Gasteiger partial charge in [0.2, 0.25) is 0 Å². The van der Waals surface area contributed by atoms with Crippen LogP contribution in [0.1, 0.15) is 38.6 Å². The van der Waals surface area contributed by atoms with Crippen molar-refractivity contribution in [2.24, 2.45) is 0 Å². The molecule has 2 aromatic carbocycles. The Morgan fingerprint density at radius 2 is 2.00 bits per heavy atom. The van der Waals surface area contributed by atoms with Crippen molar-refractivity contribution in [3.05, 3.63) is 88.5 Å². The highest BCUT2D eigenvalue weighted by Crippen LogP contribution is 2.37. The van der Waals surface area contributed by atoms with Crippen LogP contribution in [0.15, 0.2) is 67.5 Å². The number of benzene rings is 2. The summed E-state index contributed by atoms with van der Waals surface area (Å²) in [6.45, 7) is 5.53. The minimum absolute atomic E-state index is 0.131. The van der Waals surface area contributed by atoms with Crippen molar-refractivity contribution >= 4 is 45.9 Å². The molecule has 0 N–H and O–H groups in total. The van der Waals surface area contributed by atoms with Crippen LogP contribution in [0.25, 0.3) is 16.0 Å². The third-order valence-corrected chi connectivity index (χ3v) is 6.50. The van der Waals surface area contributed by atoms with Crippen LogP contribution in [0.5, 0.6) is 5.75 Å². The topological polar surface area (TPSA) is 79.6 Å². The van der Waals surface area contributed by atoms with Gasteiger partial charge < -0.3 is 14.2 Å². The van der Waals surface area contributed by atoms with Crippen LogP contribution in [-0.2, 0) is 9.47 Å². The Balaban J connectivity index is 1.69. The molecule has 0 aliphatic carbocycles. The summed E-state index contributed by atoms with van der Waals surface area (Å²) < 4.78 is 18.0. The van der Waals surface area contributed by atoms with Crippen molar-refractivity contribution in [2.45, 2.75) is 13.0 Å². The third-order valence-electron chi connectivity index (χ3n) is 5.06. The zero-order valence-corrected chi connectivity index (χ0v) is 20.1. The SMILES string of the molecule is C=CCOC(=O)c1ccc2c(c1)ncn2-c1cc(O[C@H](C)c2ccccc2Cl)c(C(=O)OC)s1. The van der Waals surface area contributed by atoms with Gasteiger partial charge in [-0.15, -0.1) is 11.3 Å². The molecule has 0 radical (unpaired) electrons. The first-order valence-corrected chi connectivity index (χ1v) is 11.5. The predicted octanol–water partition coefficient (Wildman–Crippen LogP) is 6.01. The molecule has 0 unspecified atom stereocenters. The molecule has 2 aromatic heterocycles. The minimum atomic E-state index is -0.505. The second-order valence-corrected chi connectivity index (χ2v) is 8.69. The lowest BCUT2D eigenvalue weighted by atomic mass is 10.1. The Hall–Kier alpha value is -3.62. The quantitative estimate of drug-likeness (QED) is 0.219. The second kappa shape index (κ2) is 10.1. The molecule has 0 saturated carbocycles. The molecule has 34 heavy (non-hydrogen) atoms. The first kappa shape index (κ1) is 23.5. The molecule has 0 saturated heterocycles. The Morgan fingerprint density at radius 1 is 1.21 bits per heavy atom. The predicted molar refractivity (Wildman–Crippen MR) is 131 cm³/mol. The van der Waals surface area contributed by atoms with E-state index < -0.39 is 18.0 Å². The number of carbonyl (C=O) groups excluding carboxylic acids is 2. The van der Waals surface area contributed by atoms with E-state index in [1.165, 1.54) is 24.5 Å². The molecule has 0 fully saturated rings. The molecular weight excluding hydrogens is 476 g/mol. The zero-order valence-electron chi connectivity index (χ0n) is 18.5. The fraction of sp³-hybridized carbons (Fsp3) is 0.160. The summed E-state index contributed by atoms with van der Waals surface area (Å²) >= 11 is 7.53. The van der Waals surface area contributed by atoms with Crippen molar-refractivity contribution in [1.82, 2.24) is 9.55 Å². The van der Waals surface area contributed by atoms with Crippen LogP contribution in [0.4, 0.5) is 0 Å². The van der Waals surface area contributed by atoms with Gasteiger partial charge in [-0.05, 0) is 31.2 Å². The molecule has 4 rings (SSSR count). The Kier molecular flexibility index (Phi) is 7.00. The highest BCUT2D eigenvalue weighted by Gasteiger charge is 2.23. The number of methoxy groups -OCH3 is 1. The van der Waals surface area contributed by atoms with E-state index in [2.05, 4.69) is 11.6 Å². The van der Waals surface area contributed by atoms with Gasteiger partial charge in [0.25, 0.3) is 0 Å². The lowest BCUT2D eigenvalue weighted by Gasteiger charge is -2.16. The van der Waals surface area contributed by atoms with E-state index in [1.54, 1.807) is 36.7 Å². The highest BCUT2D eigenvalue weighted by atomic mass is 35.5. The average molecular weight is 497 g/mol. The monoisotopic (exact) mass is 496 g/mol. The molecule has 9 heteroatoms. The van der Waals surface area contributed by atoms with Gasteiger partial charge >= 0.3 is 11.9 Å². The molecule has 1 atom stereocenters. The van der Waals surface area contributed by atoms with E-state index in [0.717, 1.165) is 11.1 Å². The summed E-state index contributed by atoms with van der Waals surface area (Å²) in [5.74, 6) is -0.579. The number of aromatic nitrogens is 2. The van der Waals surface area contributed by atoms with E-state index in [0.29, 0.717) is 31.7 Å². The summed E-state index contributed by atoms with van der Waals surface area (Å²) in [6, 6.07) is 14.2. The fourth-order valence-electron chi connectivity index (χ4n) is 3.40. The maximum absolute atomic E-state index is 12.5. The lowest BCUT2D eigenvalue weighted by molar-refractivity contribution is 0.0548. The number of ether oxygens (including phenoxy) is 3. The van der Waals surface area contributed by atoms with E-state index in [4.69, 9.17) is 25.8 Å². The number of hydrogen-bond donors (Lipinski definition) is 0. The third kappa shape index (κ3) is 4.69. The van der Waals surface area contributed by atoms with Crippen molar-refractivity contribution in [3.63, 3.8) is 0 Å². The smallest absolute Gasteiger partial charge is 0.351 e. The summed E-state index contributed by atoms with van der Waals surface area (Å²) in [5, 5.41) is 1.28. The maximum atomic E-state index is 12.5. The van der Waals surface area contributed by atoms with Crippen LogP contribution in [-0.4, -0.2) is 35.2 Å². The van der Waals surface area contributed by atoms with Gasteiger partial charge in [-0.25, -0.2) is 14.6 Å². The Labute approximate surface area is 205 Å². The fourth-order valence-corrected chi connectivity index (χ4v) is 4.68. The number of rotatable bonds is 8. The molecule has 7 nitrogen and oxygen atoms in total. The van der Waals surface area contributed by atoms with Crippen LogP contribution >= 0.6 is 22.9 Å². The second-order valence-electron chi connectivity index (χ2n) is 7.26. The number of imidazole rings is 1. The number of thiophene rings is 1. The largest absolute Gasteiger partial charge is 0.484 e. The number of halogens is 1. The van der Waals surface area contributed by atoms with Gasteiger partial charge in [0.05, 0.1) is 23.7 Å². The van der Waals surface area contributed by atoms with Gasteiger partial charge in [0.15, 0.2) is 4.88 Å². The molecule has 0 aliphatic heterocycles. The van der Waals surface area contributed by atoms with E-state index in [-0.39, 0.29) is 6.61 Å². The molecule has 0 spiro atoms. The normalized spacial score (nSPS) is 11.7. The van der Waals surface area contributed by atoms with Crippen molar-refractivity contribution in [2.75, 3.05) is 13.7 Å². The Bertz CT molecular complexity index is 1380. The van der Waals surface area contributed by atoms with Gasteiger partial charge in [-0.3, -0.25) is 4.57 Å². The van der Waals surface area contributed by atoms with Gasteiger partial charge in [0, 0.05) is 16.7 Å². The average Bonchev–Trinajstić information content (AvgIpc) is 3.45. The van der Waals surface area contributed by atoms with Crippen molar-refractivity contribution < 1.29 is 23.8 Å². The molecule has 0 aliphatic rings.